The number of carbonyl (C=O) groups is 1. The lowest BCUT2D eigenvalue weighted by Crippen LogP contribution is -2.08. The van der Waals surface area contributed by atoms with E-state index in [4.69, 9.17) is 4.74 Å². The average molecular weight is 195 g/mol. The van der Waals surface area contributed by atoms with Gasteiger partial charge in [0.15, 0.2) is 6.29 Å². The molecule has 0 atom stereocenters. The van der Waals surface area contributed by atoms with Crippen LogP contribution in [0.25, 0.3) is 0 Å². The van der Waals surface area contributed by atoms with Crippen LogP contribution >= 0.6 is 0 Å². The molecule has 78 valence electrons. The summed E-state index contributed by atoms with van der Waals surface area (Å²) >= 11 is 0. The first kappa shape index (κ1) is 11.0. The highest BCUT2D eigenvalue weighted by Crippen LogP contribution is 1.99. The Bertz CT molecular complexity index is 268. The molecule has 0 spiro atoms. The first-order chi connectivity index (χ1) is 6.88. The molecule has 3 nitrogen and oxygen atoms in total. The molecule has 0 saturated carbocycles. The van der Waals surface area contributed by atoms with Crippen LogP contribution in [0.2, 0.25) is 0 Å². The van der Waals surface area contributed by atoms with Crippen molar-refractivity contribution in [1.29, 1.82) is 0 Å². The van der Waals surface area contributed by atoms with E-state index in [9.17, 15) is 4.79 Å². The molecule has 0 aliphatic rings. The van der Waals surface area contributed by atoms with E-state index in [1.165, 1.54) is 0 Å². The van der Waals surface area contributed by atoms with Gasteiger partial charge in [0.25, 0.3) is 0 Å². The quantitative estimate of drug-likeness (QED) is 0.493. The minimum Gasteiger partial charge on any atom is -0.380 e. The maximum atomic E-state index is 10.6. The Morgan fingerprint density at radius 3 is 3.07 bits per heavy atom. The van der Waals surface area contributed by atoms with Gasteiger partial charge in [-0.3, -0.25) is 4.79 Å². The Morgan fingerprint density at radius 1 is 1.50 bits per heavy atom. The van der Waals surface area contributed by atoms with Crippen molar-refractivity contribution < 1.29 is 9.53 Å². The fourth-order valence-electron chi connectivity index (χ4n) is 1.25. The van der Waals surface area contributed by atoms with Crippen molar-refractivity contribution >= 4 is 6.29 Å². The maximum absolute atomic E-state index is 10.6. The Morgan fingerprint density at radius 2 is 2.36 bits per heavy atom. The molecule has 0 radical (unpaired) electrons. The molecule has 1 aromatic heterocycles. The summed E-state index contributed by atoms with van der Waals surface area (Å²) in [5.41, 5.74) is 0.712. The fourth-order valence-corrected chi connectivity index (χ4v) is 1.25. The van der Waals surface area contributed by atoms with E-state index < -0.39 is 0 Å². The van der Waals surface area contributed by atoms with Crippen LogP contribution in [0.3, 0.4) is 0 Å². The Hall–Kier alpha value is -1.09. The zero-order chi connectivity index (χ0) is 10.2. The van der Waals surface area contributed by atoms with Crippen molar-refractivity contribution in [1.82, 2.24) is 4.57 Å². The molecule has 0 unspecified atom stereocenters. The van der Waals surface area contributed by atoms with Crippen LogP contribution in [0.15, 0.2) is 18.3 Å². The van der Waals surface area contributed by atoms with E-state index in [1.54, 1.807) is 6.07 Å². The second-order valence-electron chi connectivity index (χ2n) is 3.21. The molecule has 0 bridgehead atoms. The normalized spacial score (nSPS) is 10.4. The SMILES string of the molecule is CCCCOCCn1cccc1C=O. The highest BCUT2D eigenvalue weighted by atomic mass is 16.5. The van der Waals surface area contributed by atoms with Crippen molar-refractivity contribution in [3.8, 4) is 0 Å². The summed E-state index contributed by atoms with van der Waals surface area (Å²) in [4.78, 5) is 10.6. The number of hydrogen-bond donors (Lipinski definition) is 0. The summed E-state index contributed by atoms with van der Waals surface area (Å²) in [6.07, 6.45) is 5.02. The fraction of sp³-hybridized carbons (Fsp3) is 0.545. The number of rotatable bonds is 7. The van der Waals surface area contributed by atoms with Crippen LogP contribution in [-0.4, -0.2) is 24.1 Å². The van der Waals surface area contributed by atoms with Crippen LogP contribution in [0.1, 0.15) is 30.3 Å². The van der Waals surface area contributed by atoms with E-state index >= 15 is 0 Å². The molecule has 1 heterocycles. The van der Waals surface area contributed by atoms with E-state index in [0.717, 1.165) is 32.3 Å². The van der Waals surface area contributed by atoms with Crippen molar-refractivity contribution in [2.45, 2.75) is 26.3 Å². The van der Waals surface area contributed by atoms with Crippen LogP contribution in [-0.2, 0) is 11.3 Å². The van der Waals surface area contributed by atoms with Gasteiger partial charge in [-0.05, 0) is 18.6 Å². The molecule has 0 aliphatic carbocycles. The summed E-state index contributed by atoms with van der Waals surface area (Å²) in [6, 6.07) is 3.68. The van der Waals surface area contributed by atoms with E-state index in [1.807, 2.05) is 16.8 Å². The monoisotopic (exact) mass is 195 g/mol. The van der Waals surface area contributed by atoms with Gasteiger partial charge >= 0.3 is 0 Å². The first-order valence-electron chi connectivity index (χ1n) is 5.06. The zero-order valence-corrected chi connectivity index (χ0v) is 8.61. The second-order valence-corrected chi connectivity index (χ2v) is 3.21. The Kier molecular flexibility index (Phi) is 5.00. The van der Waals surface area contributed by atoms with Crippen LogP contribution in [0.5, 0.6) is 0 Å². The highest BCUT2D eigenvalue weighted by Gasteiger charge is 1.97. The van der Waals surface area contributed by atoms with Gasteiger partial charge < -0.3 is 9.30 Å². The molecule has 0 aromatic carbocycles. The molecule has 0 amide bonds. The lowest BCUT2D eigenvalue weighted by Gasteiger charge is -2.05. The van der Waals surface area contributed by atoms with Gasteiger partial charge in [-0.1, -0.05) is 13.3 Å². The summed E-state index contributed by atoms with van der Waals surface area (Å²) in [6.45, 7) is 4.38. The van der Waals surface area contributed by atoms with E-state index in [2.05, 4.69) is 6.92 Å². The van der Waals surface area contributed by atoms with Gasteiger partial charge in [-0.15, -0.1) is 0 Å². The molecule has 3 heteroatoms. The summed E-state index contributed by atoms with van der Waals surface area (Å²) < 4.78 is 7.31. The topological polar surface area (TPSA) is 31.2 Å². The minimum absolute atomic E-state index is 0.676. The standard InChI is InChI=1S/C11H17NO2/c1-2-3-8-14-9-7-12-6-4-5-11(12)10-13/h4-6,10H,2-3,7-9H2,1H3. The number of aldehydes is 1. The molecular formula is C11H17NO2. The van der Waals surface area contributed by atoms with Gasteiger partial charge in [0.2, 0.25) is 0 Å². The van der Waals surface area contributed by atoms with E-state index in [-0.39, 0.29) is 0 Å². The van der Waals surface area contributed by atoms with Crippen LogP contribution in [0, 0.1) is 0 Å². The molecule has 0 aliphatic heterocycles. The Labute approximate surface area is 84.7 Å². The molecule has 1 aromatic rings. The van der Waals surface area contributed by atoms with Crippen molar-refractivity contribution in [2.24, 2.45) is 0 Å². The number of hydrogen-bond acceptors (Lipinski definition) is 2. The maximum Gasteiger partial charge on any atom is 0.166 e. The third-order valence-electron chi connectivity index (χ3n) is 2.10. The van der Waals surface area contributed by atoms with E-state index in [0.29, 0.717) is 12.3 Å². The summed E-state index contributed by atoms with van der Waals surface area (Å²) in [5.74, 6) is 0. The second kappa shape index (κ2) is 6.38. The molecule has 0 fully saturated rings. The zero-order valence-electron chi connectivity index (χ0n) is 8.61. The highest BCUT2D eigenvalue weighted by molar-refractivity contribution is 5.72. The lowest BCUT2D eigenvalue weighted by atomic mass is 10.4. The number of ether oxygens (including phenoxy) is 1. The molecular weight excluding hydrogens is 178 g/mol. The number of unbranched alkanes of at least 4 members (excludes halogenated alkanes) is 1. The first-order valence-corrected chi connectivity index (χ1v) is 5.06. The number of nitrogens with zero attached hydrogens (tertiary/aromatic N) is 1. The van der Waals surface area contributed by atoms with Gasteiger partial charge in [0.1, 0.15) is 0 Å². The van der Waals surface area contributed by atoms with Crippen LogP contribution in [0.4, 0.5) is 0 Å². The van der Waals surface area contributed by atoms with Gasteiger partial charge in [-0.25, -0.2) is 0 Å². The summed E-state index contributed by atoms with van der Waals surface area (Å²) in [7, 11) is 0. The smallest absolute Gasteiger partial charge is 0.166 e. The minimum atomic E-state index is 0.676. The van der Waals surface area contributed by atoms with Gasteiger partial charge in [0, 0.05) is 19.3 Å². The predicted molar refractivity (Wildman–Crippen MR) is 55.5 cm³/mol. The van der Waals surface area contributed by atoms with Crippen molar-refractivity contribution in [2.75, 3.05) is 13.2 Å². The third kappa shape index (κ3) is 3.34. The molecule has 0 N–H and O–H groups in total. The lowest BCUT2D eigenvalue weighted by molar-refractivity contribution is 0.110. The molecule has 0 saturated heterocycles. The largest absolute Gasteiger partial charge is 0.380 e. The Balaban J connectivity index is 2.21. The summed E-state index contributed by atoms with van der Waals surface area (Å²) in [5, 5.41) is 0. The van der Waals surface area contributed by atoms with Crippen molar-refractivity contribution in [3.63, 3.8) is 0 Å². The molecule has 1 rings (SSSR count). The number of aromatic nitrogens is 1. The van der Waals surface area contributed by atoms with Crippen LogP contribution < -0.4 is 0 Å². The van der Waals surface area contributed by atoms with Crippen molar-refractivity contribution in [3.05, 3.63) is 24.0 Å². The average Bonchev–Trinajstić information content (AvgIpc) is 2.65. The number of carbonyl (C=O) groups excluding carboxylic acids is 1. The third-order valence-corrected chi connectivity index (χ3v) is 2.10. The predicted octanol–water partition coefficient (Wildman–Crippen LogP) is 2.12. The molecule has 14 heavy (non-hydrogen) atoms. The van der Waals surface area contributed by atoms with Gasteiger partial charge in [0.05, 0.1) is 12.3 Å². The van der Waals surface area contributed by atoms with Gasteiger partial charge in [-0.2, -0.15) is 0 Å².